The molecule has 0 unspecified atom stereocenters. The maximum absolute atomic E-state index is 12.1. The highest BCUT2D eigenvalue weighted by Gasteiger charge is 2.12. The predicted molar refractivity (Wildman–Crippen MR) is 122 cm³/mol. The monoisotopic (exact) mass is 424 g/mol. The highest BCUT2D eigenvalue weighted by Crippen LogP contribution is 2.14. The zero-order chi connectivity index (χ0) is 21.7. The third-order valence-electron chi connectivity index (χ3n) is 4.99. The Hall–Kier alpha value is -2.97. The lowest BCUT2D eigenvalue weighted by atomic mass is 10.1. The van der Waals surface area contributed by atoms with Crippen LogP contribution in [0.3, 0.4) is 0 Å². The first-order chi connectivity index (χ1) is 15.3. The Kier molecular flexibility index (Phi) is 9.28. The summed E-state index contributed by atoms with van der Waals surface area (Å²) >= 11 is 0. The van der Waals surface area contributed by atoms with Gasteiger partial charge < -0.3 is 20.7 Å². The van der Waals surface area contributed by atoms with Gasteiger partial charge in [0, 0.05) is 51.7 Å². The van der Waals surface area contributed by atoms with Crippen LogP contribution in [0.1, 0.15) is 28.4 Å². The number of benzene rings is 1. The van der Waals surface area contributed by atoms with Crippen molar-refractivity contribution in [1.29, 1.82) is 0 Å². The van der Waals surface area contributed by atoms with Crippen molar-refractivity contribution in [2.45, 2.75) is 20.0 Å². The lowest BCUT2D eigenvalue weighted by Gasteiger charge is -2.27. The van der Waals surface area contributed by atoms with E-state index in [1.165, 1.54) is 11.1 Å². The van der Waals surface area contributed by atoms with E-state index in [0.717, 1.165) is 45.4 Å². The molecule has 1 fully saturated rings. The molecule has 1 aliphatic heterocycles. The molecule has 0 aliphatic carbocycles. The van der Waals surface area contributed by atoms with Crippen molar-refractivity contribution in [3.63, 3.8) is 0 Å². The molecule has 3 rings (SSSR count). The van der Waals surface area contributed by atoms with Crippen molar-refractivity contribution in [2.24, 2.45) is 4.99 Å². The fraction of sp³-hybridized carbons (Fsp3) is 0.435. The zero-order valence-electron chi connectivity index (χ0n) is 18.1. The third kappa shape index (κ3) is 7.66. The van der Waals surface area contributed by atoms with E-state index in [-0.39, 0.29) is 5.91 Å². The number of carbonyl (C=O) groups is 1. The quantitative estimate of drug-likeness (QED) is 0.320. The number of hydrogen-bond donors (Lipinski definition) is 3. The molecule has 0 bridgehead atoms. The molecule has 1 saturated heterocycles. The second kappa shape index (κ2) is 12.7. The molecule has 8 heteroatoms. The van der Waals surface area contributed by atoms with E-state index in [2.05, 4.69) is 50.1 Å². The van der Waals surface area contributed by atoms with Crippen LogP contribution in [0.4, 0.5) is 0 Å². The standard InChI is InChI=1S/C23H32N6O2/c1-2-25-23(27-11-10-26-22(30)20-8-5-9-24-16-20)28-17-19-6-3-4-7-21(19)18-29-12-14-31-15-13-29/h3-9,16H,2,10-15,17-18H2,1H3,(H,26,30)(H2,25,27,28). The van der Waals surface area contributed by atoms with E-state index in [9.17, 15) is 4.79 Å². The van der Waals surface area contributed by atoms with Crippen LogP contribution < -0.4 is 16.0 Å². The molecule has 31 heavy (non-hydrogen) atoms. The van der Waals surface area contributed by atoms with Gasteiger partial charge in [-0.25, -0.2) is 4.99 Å². The van der Waals surface area contributed by atoms with Crippen molar-refractivity contribution in [2.75, 3.05) is 45.9 Å². The second-order valence-electron chi connectivity index (χ2n) is 7.28. The van der Waals surface area contributed by atoms with E-state index in [4.69, 9.17) is 9.73 Å². The maximum atomic E-state index is 12.1. The number of guanidine groups is 1. The molecule has 0 radical (unpaired) electrons. The van der Waals surface area contributed by atoms with Gasteiger partial charge >= 0.3 is 0 Å². The van der Waals surface area contributed by atoms with Gasteiger partial charge in [0.1, 0.15) is 0 Å². The van der Waals surface area contributed by atoms with Gasteiger partial charge in [-0.05, 0) is 30.2 Å². The maximum Gasteiger partial charge on any atom is 0.252 e. The number of hydrogen-bond acceptors (Lipinski definition) is 5. The Morgan fingerprint density at radius 1 is 1.06 bits per heavy atom. The van der Waals surface area contributed by atoms with Crippen molar-refractivity contribution < 1.29 is 9.53 Å². The van der Waals surface area contributed by atoms with E-state index in [1.807, 2.05) is 6.92 Å². The van der Waals surface area contributed by atoms with Crippen LogP contribution >= 0.6 is 0 Å². The number of amides is 1. The van der Waals surface area contributed by atoms with E-state index >= 15 is 0 Å². The molecule has 2 heterocycles. The van der Waals surface area contributed by atoms with Gasteiger partial charge in [-0.3, -0.25) is 14.7 Å². The number of pyridine rings is 1. The molecule has 0 spiro atoms. The summed E-state index contributed by atoms with van der Waals surface area (Å²) in [5.41, 5.74) is 3.07. The Bertz CT molecular complexity index is 837. The van der Waals surface area contributed by atoms with E-state index in [1.54, 1.807) is 24.5 Å². The van der Waals surface area contributed by atoms with Crippen molar-refractivity contribution in [3.05, 3.63) is 65.5 Å². The molecule has 0 saturated carbocycles. The number of aromatic nitrogens is 1. The molecule has 3 N–H and O–H groups in total. The van der Waals surface area contributed by atoms with Crippen LogP contribution in [0.25, 0.3) is 0 Å². The highest BCUT2D eigenvalue weighted by molar-refractivity contribution is 5.93. The Morgan fingerprint density at radius 2 is 1.84 bits per heavy atom. The average molecular weight is 425 g/mol. The topological polar surface area (TPSA) is 90.9 Å². The summed E-state index contributed by atoms with van der Waals surface area (Å²) in [6, 6.07) is 11.9. The lowest BCUT2D eigenvalue weighted by molar-refractivity contribution is 0.0341. The Labute approximate surface area is 184 Å². The fourth-order valence-electron chi connectivity index (χ4n) is 3.33. The number of ether oxygens (including phenoxy) is 1. The summed E-state index contributed by atoms with van der Waals surface area (Å²) in [4.78, 5) is 23.2. The molecule has 1 aromatic carbocycles. The first kappa shape index (κ1) is 22.7. The van der Waals surface area contributed by atoms with Crippen molar-refractivity contribution in [1.82, 2.24) is 25.8 Å². The first-order valence-electron chi connectivity index (χ1n) is 10.8. The van der Waals surface area contributed by atoms with Gasteiger partial charge in [-0.2, -0.15) is 0 Å². The van der Waals surface area contributed by atoms with Gasteiger partial charge in [0.15, 0.2) is 5.96 Å². The molecule has 1 amide bonds. The number of aliphatic imine (C=N–C) groups is 1. The summed E-state index contributed by atoms with van der Waals surface area (Å²) in [5, 5.41) is 9.43. The summed E-state index contributed by atoms with van der Waals surface area (Å²) in [7, 11) is 0. The predicted octanol–water partition coefficient (Wildman–Crippen LogP) is 1.40. The summed E-state index contributed by atoms with van der Waals surface area (Å²) in [6.07, 6.45) is 3.21. The minimum absolute atomic E-state index is 0.131. The van der Waals surface area contributed by atoms with Gasteiger partial charge in [0.05, 0.1) is 25.3 Å². The third-order valence-corrected chi connectivity index (χ3v) is 4.99. The van der Waals surface area contributed by atoms with Gasteiger partial charge in [-0.1, -0.05) is 24.3 Å². The minimum Gasteiger partial charge on any atom is -0.379 e. The summed E-state index contributed by atoms with van der Waals surface area (Å²) in [6.45, 7) is 8.91. The molecule has 1 aromatic heterocycles. The minimum atomic E-state index is -0.131. The van der Waals surface area contributed by atoms with Gasteiger partial charge in [0.2, 0.25) is 0 Å². The zero-order valence-corrected chi connectivity index (χ0v) is 18.1. The van der Waals surface area contributed by atoms with Crippen LogP contribution in [0.5, 0.6) is 0 Å². The van der Waals surface area contributed by atoms with Crippen LogP contribution in [0.15, 0.2) is 53.8 Å². The number of morpholine rings is 1. The molecule has 1 aliphatic rings. The molecule has 2 aromatic rings. The van der Waals surface area contributed by atoms with Gasteiger partial charge in [0.25, 0.3) is 5.91 Å². The smallest absolute Gasteiger partial charge is 0.252 e. The molecule has 8 nitrogen and oxygen atoms in total. The fourth-order valence-corrected chi connectivity index (χ4v) is 3.33. The van der Waals surface area contributed by atoms with Crippen molar-refractivity contribution in [3.8, 4) is 0 Å². The average Bonchev–Trinajstić information content (AvgIpc) is 2.82. The Morgan fingerprint density at radius 3 is 2.58 bits per heavy atom. The van der Waals surface area contributed by atoms with Crippen LogP contribution in [-0.4, -0.2) is 67.7 Å². The van der Waals surface area contributed by atoms with E-state index in [0.29, 0.717) is 25.2 Å². The van der Waals surface area contributed by atoms with Gasteiger partial charge in [-0.15, -0.1) is 0 Å². The van der Waals surface area contributed by atoms with E-state index < -0.39 is 0 Å². The number of rotatable bonds is 9. The molecular formula is C23H32N6O2. The second-order valence-corrected chi connectivity index (χ2v) is 7.28. The highest BCUT2D eigenvalue weighted by atomic mass is 16.5. The van der Waals surface area contributed by atoms with Crippen LogP contribution in [0, 0.1) is 0 Å². The van der Waals surface area contributed by atoms with Crippen molar-refractivity contribution >= 4 is 11.9 Å². The lowest BCUT2D eigenvalue weighted by Crippen LogP contribution is -2.41. The number of nitrogens with zero attached hydrogens (tertiary/aromatic N) is 3. The normalized spacial score (nSPS) is 14.8. The Balaban J connectivity index is 1.50. The first-order valence-corrected chi connectivity index (χ1v) is 10.8. The number of nitrogens with one attached hydrogen (secondary N) is 3. The summed E-state index contributed by atoms with van der Waals surface area (Å²) in [5.74, 6) is 0.605. The summed E-state index contributed by atoms with van der Waals surface area (Å²) < 4.78 is 5.45. The van der Waals surface area contributed by atoms with Crippen LogP contribution in [-0.2, 0) is 17.8 Å². The largest absolute Gasteiger partial charge is 0.379 e. The van der Waals surface area contributed by atoms with Crippen LogP contribution in [0.2, 0.25) is 0 Å². The SMILES string of the molecule is CCNC(=NCc1ccccc1CN1CCOCC1)NCCNC(=O)c1cccnc1. The molecular weight excluding hydrogens is 392 g/mol. The molecule has 0 atom stereocenters. The number of carbonyl (C=O) groups excluding carboxylic acids is 1. The molecule has 166 valence electrons.